The Morgan fingerprint density at radius 1 is 1.47 bits per heavy atom. The Hall–Kier alpha value is -0.780. The first-order valence-corrected chi connectivity index (χ1v) is 5.53. The van der Waals surface area contributed by atoms with E-state index in [1.54, 1.807) is 7.11 Å². The Morgan fingerprint density at radius 3 is 2.65 bits per heavy atom. The van der Waals surface area contributed by atoms with Gasteiger partial charge in [-0.25, -0.2) is 0 Å². The SMILES string of the molecule is COC(=O)C(N)Cc1ccc(Br)cc1OC.Cl. The molecule has 0 heterocycles. The van der Waals surface area contributed by atoms with Crippen LogP contribution in [0.15, 0.2) is 22.7 Å². The van der Waals surface area contributed by atoms with Crippen molar-refractivity contribution >= 4 is 34.3 Å². The van der Waals surface area contributed by atoms with Gasteiger partial charge >= 0.3 is 5.97 Å². The number of methoxy groups -OCH3 is 2. The van der Waals surface area contributed by atoms with Crippen molar-refractivity contribution in [2.75, 3.05) is 14.2 Å². The number of nitrogens with two attached hydrogens (primary N) is 1. The highest BCUT2D eigenvalue weighted by Gasteiger charge is 2.16. The van der Waals surface area contributed by atoms with Crippen LogP contribution in [0.1, 0.15) is 5.56 Å². The summed E-state index contributed by atoms with van der Waals surface area (Å²) in [6, 6.07) is 4.91. The van der Waals surface area contributed by atoms with E-state index < -0.39 is 12.0 Å². The third-order valence-corrected chi connectivity index (χ3v) is 2.69. The summed E-state index contributed by atoms with van der Waals surface area (Å²) >= 11 is 3.34. The molecule has 6 heteroatoms. The van der Waals surface area contributed by atoms with Crippen LogP contribution in [0.2, 0.25) is 0 Å². The van der Waals surface area contributed by atoms with Crippen molar-refractivity contribution < 1.29 is 14.3 Å². The van der Waals surface area contributed by atoms with Gasteiger partial charge in [-0.2, -0.15) is 0 Å². The van der Waals surface area contributed by atoms with E-state index in [1.165, 1.54) is 7.11 Å². The highest BCUT2D eigenvalue weighted by atomic mass is 79.9. The fourth-order valence-electron chi connectivity index (χ4n) is 1.36. The Labute approximate surface area is 115 Å². The van der Waals surface area contributed by atoms with E-state index in [4.69, 9.17) is 10.5 Å². The molecule has 1 aromatic rings. The number of halogens is 2. The van der Waals surface area contributed by atoms with Crippen molar-refractivity contribution in [1.82, 2.24) is 0 Å². The minimum atomic E-state index is -0.667. The lowest BCUT2D eigenvalue weighted by atomic mass is 10.1. The molecule has 96 valence electrons. The van der Waals surface area contributed by atoms with Crippen LogP contribution in [0.4, 0.5) is 0 Å². The summed E-state index contributed by atoms with van der Waals surface area (Å²) in [5.41, 5.74) is 6.56. The van der Waals surface area contributed by atoms with Crippen molar-refractivity contribution in [2.45, 2.75) is 12.5 Å². The number of hydrogen-bond donors (Lipinski definition) is 1. The highest BCUT2D eigenvalue weighted by molar-refractivity contribution is 9.10. The van der Waals surface area contributed by atoms with Crippen LogP contribution in [0, 0.1) is 0 Å². The molecule has 2 N–H and O–H groups in total. The monoisotopic (exact) mass is 323 g/mol. The molecule has 0 saturated heterocycles. The molecule has 0 aliphatic heterocycles. The Balaban J connectivity index is 0.00000256. The predicted molar refractivity (Wildman–Crippen MR) is 71.6 cm³/mol. The van der Waals surface area contributed by atoms with E-state index in [2.05, 4.69) is 20.7 Å². The second-order valence-corrected chi connectivity index (χ2v) is 4.21. The number of esters is 1. The van der Waals surface area contributed by atoms with Crippen LogP contribution in [0.5, 0.6) is 5.75 Å². The van der Waals surface area contributed by atoms with Crippen LogP contribution >= 0.6 is 28.3 Å². The first-order chi connectivity index (χ1) is 7.58. The smallest absolute Gasteiger partial charge is 0.322 e. The molecule has 0 radical (unpaired) electrons. The minimum Gasteiger partial charge on any atom is -0.496 e. The van der Waals surface area contributed by atoms with Gasteiger partial charge in [0.05, 0.1) is 14.2 Å². The van der Waals surface area contributed by atoms with Crippen LogP contribution in [-0.2, 0) is 16.0 Å². The van der Waals surface area contributed by atoms with Gasteiger partial charge in [0.1, 0.15) is 11.8 Å². The number of benzene rings is 1. The molecule has 0 aliphatic carbocycles. The van der Waals surface area contributed by atoms with Gasteiger partial charge in [-0.05, 0) is 17.7 Å². The van der Waals surface area contributed by atoms with Gasteiger partial charge < -0.3 is 15.2 Å². The van der Waals surface area contributed by atoms with Crippen LogP contribution < -0.4 is 10.5 Å². The van der Waals surface area contributed by atoms with Crippen molar-refractivity contribution in [2.24, 2.45) is 5.73 Å². The average Bonchev–Trinajstić information content (AvgIpc) is 2.30. The fourth-order valence-corrected chi connectivity index (χ4v) is 1.70. The van der Waals surface area contributed by atoms with Crippen LogP contribution in [0.3, 0.4) is 0 Å². The first-order valence-electron chi connectivity index (χ1n) is 4.74. The van der Waals surface area contributed by atoms with E-state index in [0.29, 0.717) is 12.2 Å². The molecule has 1 atom stereocenters. The minimum absolute atomic E-state index is 0. The van der Waals surface area contributed by atoms with Gasteiger partial charge in [0, 0.05) is 10.9 Å². The maximum atomic E-state index is 11.2. The summed E-state index contributed by atoms with van der Waals surface area (Å²) in [6.45, 7) is 0. The molecule has 1 rings (SSSR count). The lowest BCUT2D eigenvalue weighted by molar-refractivity contribution is -0.142. The molecule has 0 spiro atoms. The summed E-state index contributed by atoms with van der Waals surface area (Å²) in [5.74, 6) is 0.277. The largest absolute Gasteiger partial charge is 0.496 e. The lowest BCUT2D eigenvalue weighted by Crippen LogP contribution is -2.33. The van der Waals surface area contributed by atoms with Crippen LogP contribution in [0.25, 0.3) is 0 Å². The lowest BCUT2D eigenvalue weighted by Gasteiger charge is -2.12. The molecule has 0 aliphatic rings. The Kier molecular flexibility index (Phi) is 7.18. The molecular formula is C11H15BrClNO3. The molecule has 0 saturated carbocycles. The summed E-state index contributed by atoms with van der Waals surface area (Å²) in [4.78, 5) is 11.2. The molecular weight excluding hydrogens is 309 g/mol. The van der Waals surface area contributed by atoms with Gasteiger partial charge in [-0.3, -0.25) is 4.79 Å². The van der Waals surface area contributed by atoms with Gasteiger partial charge in [0.2, 0.25) is 0 Å². The first kappa shape index (κ1) is 16.2. The van der Waals surface area contributed by atoms with Crippen molar-refractivity contribution in [1.29, 1.82) is 0 Å². The summed E-state index contributed by atoms with van der Waals surface area (Å²) < 4.78 is 10.7. The van der Waals surface area contributed by atoms with E-state index in [-0.39, 0.29) is 12.4 Å². The fraction of sp³-hybridized carbons (Fsp3) is 0.364. The van der Waals surface area contributed by atoms with Gasteiger partial charge in [-0.1, -0.05) is 22.0 Å². The molecule has 1 unspecified atom stereocenters. The van der Waals surface area contributed by atoms with E-state index in [1.807, 2.05) is 18.2 Å². The van der Waals surface area contributed by atoms with Gasteiger partial charge in [-0.15, -0.1) is 12.4 Å². The molecule has 0 amide bonds. The quantitative estimate of drug-likeness (QED) is 0.860. The zero-order chi connectivity index (χ0) is 12.1. The maximum absolute atomic E-state index is 11.2. The predicted octanol–water partition coefficient (Wildman–Crippen LogP) is 1.92. The number of carbonyl (C=O) groups excluding carboxylic acids is 1. The molecule has 0 aromatic heterocycles. The summed E-state index contributed by atoms with van der Waals surface area (Å²) in [7, 11) is 2.90. The zero-order valence-corrected chi connectivity index (χ0v) is 12.0. The third-order valence-electron chi connectivity index (χ3n) is 2.19. The second-order valence-electron chi connectivity index (χ2n) is 3.29. The van der Waals surface area contributed by atoms with E-state index >= 15 is 0 Å². The molecule has 1 aromatic carbocycles. The number of rotatable bonds is 4. The Morgan fingerprint density at radius 2 is 2.12 bits per heavy atom. The molecule has 0 fully saturated rings. The summed E-state index contributed by atoms with van der Waals surface area (Å²) in [5, 5.41) is 0. The standard InChI is InChI=1S/C11H14BrNO3.ClH/c1-15-10-6-8(12)4-3-7(10)5-9(13)11(14)16-2;/h3-4,6,9H,5,13H2,1-2H3;1H. The van der Waals surface area contributed by atoms with Crippen LogP contribution in [-0.4, -0.2) is 26.2 Å². The second kappa shape index (κ2) is 7.53. The maximum Gasteiger partial charge on any atom is 0.322 e. The van der Waals surface area contributed by atoms with Crippen molar-refractivity contribution in [3.05, 3.63) is 28.2 Å². The Bertz CT molecular complexity index is 387. The van der Waals surface area contributed by atoms with E-state index in [0.717, 1.165) is 10.0 Å². The molecule has 4 nitrogen and oxygen atoms in total. The van der Waals surface area contributed by atoms with Gasteiger partial charge in [0.25, 0.3) is 0 Å². The number of carbonyl (C=O) groups is 1. The molecule has 17 heavy (non-hydrogen) atoms. The highest BCUT2D eigenvalue weighted by Crippen LogP contribution is 2.24. The van der Waals surface area contributed by atoms with Gasteiger partial charge in [0.15, 0.2) is 0 Å². The third kappa shape index (κ3) is 4.53. The average molecular weight is 325 g/mol. The molecule has 0 bridgehead atoms. The topological polar surface area (TPSA) is 61.5 Å². The van der Waals surface area contributed by atoms with E-state index in [9.17, 15) is 4.79 Å². The normalized spacial score (nSPS) is 11.3. The zero-order valence-electron chi connectivity index (χ0n) is 9.60. The summed E-state index contributed by atoms with van der Waals surface area (Å²) in [6.07, 6.45) is 0.392. The van der Waals surface area contributed by atoms with Crippen molar-refractivity contribution in [3.63, 3.8) is 0 Å². The number of hydrogen-bond acceptors (Lipinski definition) is 4. The van der Waals surface area contributed by atoms with Crippen molar-refractivity contribution in [3.8, 4) is 5.75 Å². The number of ether oxygens (including phenoxy) is 2.